The summed E-state index contributed by atoms with van der Waals surface area (Å²) in [5.74, 6) is 0.826. The number of nitrogens with two attached hydrogens (primary N) is 1. The molecular formula is C16H17ClFN5O5. The lowest BCUT2D eigenvalue weighted by Gasteiger charge is -2.27. The minimum atomic E-state index is -2.60. The van der Waals surface area contributed by atoms with Gasteiger partial charge in [-0.2, -0.15) is 0 Å². The molecular weight excluding hydrogens is 397 g/mol. The Balaban J connectivity index is 2.00. The number of esters is 2. The Hall–Kier alpha value is -2.84. The van der Waals surface area contributed by atoms with Crippen LogP contribution in [0.3, 0.4) is 0 Å². The molecule has 2 aliphatic heterocycles. The van der Waals surface area contributed by atoms with Crippen LogP contribution in [0.15, 0.2) is 11.3 Å². The number of imidazole rings is 1. The topological polar surface area (TPSA) is 130 Å². The Labute approximate surface area is 164 Å². The first-order chi connectivity index (χ1) is 13.2. The Morgan fingerprint density at radius 3 is 2.86 bits per heavy atom. The summed E-state index contributed by atoms with van der Waals surface area (Å²) in [6.07, 6.45) is 2.54. The Kier molecular flexibility index (Phi) is 5.18. The summed E-state index contributed by atoms with van der Waals surface area (Å²) in [7, 11) is 0. The summed E-state index contributed by atoms with van der Waals surface area (Å²) in [6, 6.07) is 0. The molecule has 150 valence electrons. The van der Waals surface area contributed by atoms with E-state index in [1.54, 1.807) is 0 Å². The molecule has 0 radical (unpaired) electrons. The SMILES string of the molecule is C#C[C@]1(F)C(OC(C)=O)[C@@H](COC(C)=O)O[C@H]1n1cnc2c1NC(N)=NC2Cl. The van der Waals surface area contributed by atoms with E-state index in [0.717, 1.165) is 6.92 Å². The number of hydrogen-bond donors (Lipinski definition) is 2. The maximum Gasteiger partial charge on any atom is 0.303 e. The number of alkyl halides is 2. The number of guanidine groups is 1. The number of anilines is 1. The quantitative estimate of drug-likeness (QED) is 0.317. The zero-order chi connectivity index (χ0) is 20.6. The van der Waals surface area contributed by atoms with Crippen molar-refractivity contribution in [2.75, 3.05) is 11.9 Å². The van der Waals surface area contributed by atoms with Crippen LogP contribution in [-0.2, 0) is 23.8 Å². The fourth-order valence-electron chi connectivity index (χ4n) is 3.03. The monoisotopic (exact) mass is 413 g/mol. The van der Waals surface area contributed by atoms with Crippen molar-refractivity contribution in [3.63, 3.8) is 0 Å². The number of carbonyl (C=O) groups is 2. The predicted molar refractivity (Wildman–Crippen MR) is 94.8 cm³/mol. The summed E-state index contributed by atoms with van der Waals surface area (Å²) < 4.78 is 32.8. The molecule has 1 fully saturated rings. The molecule has 28 heavy (non-hydrogen) atoms. The molecule has 0 aromatic carbocycles. The second-order valence-corrected chi connectivity index (χ2v) is 6.55. The second kappa shape index (κ2) is 7.29. The number of aliphatic imine (C=N–C) groups is 1. The van der Waals surface area contributed by atoms with Crippen LogP contribution in [-0.4, -0.2) is 51.9 Å². The van der Waals surface area contributed by atoms with Crippen molar-refractivity contribution in [1.82, 2.24) is 9.55 Å². The average molecular weight is 414 g/mol. The highest BCUT2D eigenvalue weighted by molar-refractivity contribution is 6.22. The first kappa shape index (κ1) is 19.9. The van der Waals surface area contributed by atoms with E-state index in [4.69, 9.17) is 38.0 Å². The minimum Gasteiger partial charge on any atom is -0.463 e. The zero-order valence-corrected chi connectivity index (χ0v) is 15.6. The molecule has 0 bridgehead atoms. The lowest BCUT2D eigenvalue weighted by molar-refractivity contribution is -0.157. The Morgan fingerprint density at radius 1 is 1.54 bits per heavy atom. The molecule has 12 heteroatoms. The van der Waals surface area contributed by atoms with Gasteiger partial charge in [0.2, 0.25) is 0 Å². The first-order valence-corrected chi connectivity index (χ1v) is 8.54. The van der Waals surface area contributed by atoms with Gasteiger partial charge < -0.3 is 25.3 Å². The molecule has 0 amide bonds. The average Bonchev–Trinajstić information content (AvgIpc) is 3.13. The molecule has 0 aliphatic carbocycles. The maximum atomic E-state index is 15.9. The Bertz CT molecular complexity index is 883. The van der Waals surface area contributed by atoms with Crippen molar-refractivity contribution in [3.05, 3.63) is 12.0 Å². The van der Waals surface area contributed by atoms with Crippen molar-refractivity contribution in [3.8, 4) is 12.3 Å². The highest BCUT2D eigenvalue weighted by Crippen LogP contribution is 2.46. The number of rotatable bonds is 4. The van der Waals surface area contributed by atoms with Gasteiger partial charge in [-0.15, -0.1) is 6.42 Å². The third kappa shape index (κ3) is 3.36. The number of ether oxygens (including phenoxy) is 3. The van der Waals surface area contributed by atoms with Crippen LogP contribution in [0.25, 0.3) is 0 Å². The van der Waals surface area contributed by atoms with Gasteiger partial charge in [0.05, 0.1) is 6.33 Å². The number of carbonyl (C=O) groups excluding carboxylic acids is 2. The predicted octanol–water partition coefficient (Wildman–Crippen LogP) is 0.594. The fourth-order valence-corrected chi connectivity index (χ4v) is 3.29. The minimum absolute atomic E-state index is 0.00888. The van der Waals surface area contributed by atoms with Gasteiger partial charge in [0, 0.05) is 13.8 Å². The number of aromatic nitrogens is 2. The van der Waals surface area contributed by atoms with E-state index in [1.165, 1.54) is 17.8 Å². The van der Waals surface area contributed by atoms with Crippen molar-refractivity contribution >= 4 is 35.3 Å². The number of halogens is 2. The Morgan fingerprint density at radius 2 is 2.25 bits per heavy atom. The largest absolute Gasteiger partial charge is 0.463 e. The molecule has 3 N–H and O–H groups in total. The summed E-state index contributed by atoms with van der Waals surface area (Å²) in [6.45, 7) is 1.91. The van der Waals surface area contributed by atoms with E-state index >= 15 is 4.39 Å². The number of hydrogen-bond acceptors (Lipinski definition) is 9. The number of nitrogens with one attached hydrogen (secondary N) is 1. The lowest BCUT2D eigenvalue weighted by Crippen LogP contribution is -2.45. The van der Waals surface area contributed by atoms with Crippen molar-refractivity contribution in [2.45, 2.75) is 43.5 Å². The molecule has 1 aromatic heterocycles. The van der Waals surface area contributed by atoms with Gasteiger partial charge in [-0.25, -0.2) is 14.4 Å². The molecule has 2 aliphatic rings. The maximum absolute atomic E-state index is 15.9. The van der Waals surface area contributed by atoms with Gasteiger partial charge >= 0.3 is 11.9 Å². The summed E-state index contributed by atoms with van der Waals surface area (Å²) in [4.78, 5) is 30.7. The van der Waals surface area contributed by atoms with Crippen LogP contribution in [0.1, 0.15) is 31.3 Å². The third-order valence-corrected chi connectivity index (χ3v) is 4.48. The molecule has 10 nitrogen and oxygen atoms in total. The molecule has 1 aromatic rings. The van der Waals surface area contributed by atoms with E-state index in [0.29, 0.717) is 0 Å². The summed E-state index contributed by atoms with van der Waals surface area (Å²) >= 11 is 6.09. The lowest BCUT2D eigenvalue weighted by atomic mass is 9.96. The van der Waals surface area contributed by atoms with Crippen LogP contribution >= 0.6 is 11.6 Å². The number of fused-ring (bicyclic) bond motifs is 1. The first-order valence-electron chi connectivity index (χ1n) is 8.11. The second-order valence-electron chi connectivity index (χ2n) is 6.13. The highest BCUT2D eigenvalue weighted by atomic mass is 35.5. The summed E-state index contributed by atoms with van der Waals surface area (Å²) in [5.41, 5.74) is 2.48. The number of terminal acetylenes is 1. The molecule has 3 heterocycles. The molecule has 3 rings (SSSR count). The van der Waals surface area contributed by atoms with Crippen molar-refractivity contribution < 1.29 is 28.2 Å². The highest BCUT2D eigenvalue weighted by Gasteiger charge is 2.61. The van der Waals surface area contributed by atoms with E-state index < -0.39 is 41.5 Å². The van der Waals surface area contributed by atoms with E-state index in [2.05, 4.69) is 15.3 Å². The van der Waals surface area contributed by atoms with Gasteiger partial charge in [0.15, 0.2) is 23.8 Å². The van der Waals surface area contributed by atoms with Gasteiger partial charge in [0.1, 0.15) is 24.2 Å². The van der Waals surface area contributed by atoms with Crippen LogP contribution < -0.4 is 11.1 Å². The van der Waals surface area contributed by atoms with Gasteiger partial charge in [-0.1, -0.05) is 17.5 Å². The zero-order valence-electron chi connectivity index (χ0n) is 14.9. The van der Waals surface area contributed by atoms with E-state index in [9.17, 15) is 9.59 Å². The van der Waals surface area contributed by atoms with Crippen molar-refractivity contribution in [1.29, 1.82) is 0 Å². The number of nitrogens with zero attached hydrogens (tertiary/aromatic N) is 3. The molecule has 5 atom stereocenters. The van der Waals surface area contributed by atoms with Crippen LogP contribution in [0, 0.1) is 12.3 Å². The van der Waals surface area contributed by atoms with Gasteiger partial charge in [-0.3, -0.25) is 14.2 Å². The van der Waals surface area contributed by atoms with Crippen LogP contribution in [0.4, 0.5) is 10.2 Å². The smallest absolute Gasteiger partial charge is 0.303 e. The molecule has 0 saturated carbocycles. The third-order valence-electron chi connectivity index (χ3n) is 4.18. The van der Waals surface area contributed by atoms with E-state index in [-0.39, 0.29) is 24.1 Å². The van der Waals surface area contributed by atoms with Crippen LogP contribution in [0.2, 0.25) is 0 Å². The van der Waals surface area contributed by atoms with Gasteiger partial charge in [0.25, 0.3) is 5.67 Å². The van der Waals surface area contributed by atoms with Crippen molar-refractivity contribution in [2.24, 2.45) is 10.7 Å². The molecule has 1 saturated heterocycles. The van der Waals surface area contributed by atoms with E-state index in [1.807, 2.05) is 5.92 Å². The summed E-state index contributed by atoms with van der Waals surface area (Å²) in [5, 5.41) is 2.73. The van der Waals surface area contributed by atoms with Gasteiger partial charge in [-0.05, 0) is 0 Å². The fraction of sp³-hybridized carbons (Fsp3) is 0.500. The van der Waals surface area contributed by atoms with Crippen LogP contribution in [0.5, 0.6) is 0 Å². The normalized spacial score (nSPS) is 31.2. The standard InChI is InChI=1S/C16H17ClFN5O5/c1-4-16(18)11(27-8(3)25)9(5-26-7(2)24)28-14(16)23-6-20-10-12(17)21-15(19)22-13(10)23/h1,6,9,11-12,14H,5H2,2-3H3,(H3,19,21,22)/t9-,11?,12?,14-,16+/m1/s1. The molecule has 2 unspecified atom stereocenters. The molecule has 0 spiro atoms.